The van der Waals surface area contributed by atoms with E-state index < -0.39 is 5.60 Å². The molecule has 2 rings (SSSR count). The number of fused-ring (bicyclic) bond motifs is 1. The first-order chi connectivity index (χ1) is 10.9. The molecule has 0 aliphatic carbocycles. The summed E-state index contributed by atoms with van der Waals surface area (Å²) in [5.41, 5.74) is 0.432. The van der Waals surface area contributed by atoms with Crippen LogP contribution < -0.4 is 10.9 Å². The molecule has 1 amide bonds. The highest BCUT2D eigenvalue weighted by Gasteiger charge is 2.22. The van der Waals surface area contributed by atoms with E-state index in [9.17, 15) is 14.7 Å². The number of nitrogens with one attached hydrogen (secondary N) is 1. The molecule has 0 bridgehead atoms. The number of aryl methyl sites for hydroxylation is 1. The van der Waals surface area contributed by atoms with E-state index >= 15 is 0 Å². The van der Waals surface area contributed by atoms with Gasteiger partial charge in [-0.1, -0.05) is 26.0 Å². The molecule has 0 aliphatic rings. The normalized spacial score (nSPS) is 11.7. The first-order valence-electron chi connectivity index (χ1n) is 7.84. The Labute approximate surface area is 135 Å². The van der Waals surface area contributed by atoms with Crippen molar-refractivity contribution in [1.82, 2.24) is 14.9 Å². The molecule has 124 valence electrons. The second-order valence-electron chi connectivity index (χ2n) is 5.86. The van der Waals surface area contributed by atoms with Gasteiger partial charge in [-0.15, -0.1) is 0 Å². The lowest BCUT2D eigenvalue weighted by Crippen LogP contribution is -2.43. The highest BCUT2D eigenvalue weighted by atomic mass is 16.3. The number of hydrogen-bond acceptors (Lipinski definition) is 4. The number of rotatable bonds is 6. The second-order valence-corrected chi connectivity index (χ2v) is 5.86. The van der Waals surface area contributed by atoms with Crippen LogP contribution in [0.4, 0.5) is 0 Å². The second kappa shape index (κ2) is 6.91. The van der Waals surface area contributed by atoms with E-state index in [0.717, 1.165) is 5.56 Å². The van der Waals surface area contributed by atoms with E-state index in [0.29, 0.717) is 23.7 Å². The van der Waals surface area contributed by atoms with E-state index in [4.69, 9.17) is 0 Å². The summed E-state index contributed by atoms with van der Waals surface area (Å²) < 4.78 is 1.29. The largest absolute Gasteiger partial charge is 0.388 e. The topological polar surface area (TPSA) is 84.2 Å². The van der Waals surface area contributed by atoms with Crippen LogP contribution in [-0.4, -0.2) is 32.7 Å². The predicted octanol–water partition coefficient (Wildman–Crippen LogP) is 1.37. The minimum Gasteiger partial charge on any atom is -0.388 e. The van der Waals surface area contributed by atoms with Crippen LogP contribution in [0.3, 0.4) is 0 Å². The zero-order valence-corrected chi connectivity index (χ0v) is 13.8. The lowest BCUT2D eigenvalue weighted by Gasteiger charge is -2.25. The number of aromatic nitrogens is 2. The quantitative estimate of drug-likeness (QED) is 0.843. The zero-order chi connectivity index (χ0) is 17.0. The van der Waals surface area contributed by atoms with Gasteiger partial charge in [0.15, 0.2) is 0 Å². The molecule has 23 heavy (non-hydrogen) atoms. The molecule has 6 nitrogen and oxygen atoms in total. The fraction of sp³-hybridized carbons (Fsp3) is 0.471. The Morgan fingerprint density at radius 2 is 2.04 bits per heavy atom. The van der Waals surface area contributed by atoms with Crippen molar-refractivity contribution in [2.24, 2.45) is 0 Å². The lowest BCUT2D eigenvalue weighted by molar-refractivity contribution is -0.123. The molecular weight excluding hydrogens is 294 g/mol. The molecule has 0 saturated heterocycles. The number of aliphatic hydroxyl groups is 1. The van der Waals surface area contributed by atoms with Gasteiger partial charge in [-0.05, 0) is 31.4 Å². The van der Waals surface area contributed by atoms with Crippen molar-refractivity contribution in [3.05, 3.63) is 40.4 Å². The summed E-state index contributed by atoms with van der Waals surface area (Å²) in [6.07, 6.45) is 2.50. The summed E-state index contributed by atoms with van der Waals surface area (Å²) >= 11 is 0. The van der Waals surface area contributed by atoms with Crippen molar-refractivity contribution in [2.45, 2.75) is 45.8 Å². The Morgan fingerprint density at radius 3 is 2.70 bits per heavy atom. The van der Waals surface area contributed by atoms with Gasteiger partial charge in [0.2, 0.25) is 5.91 Å². The van der Waals surface area contributed by atoms with Crippen molar-refractivity contribution in [2.75, 3.05) is 6.54 Å². The Balaban J connectivity index is 2.15. The van der Waals surface area contributed by atoms with Crippen molar-refractivity contribution >= 4 is 16.8 Å². The van der Waals surface area contributed by atoms with Gasteiger partial charge in [-0.25, -0.2) is 4.98 Å². The fourth-order valence-corrected chi connectivity index (χ4v) is 2.42. The SMILES string of the molecule is CCC(O)(CC)CNC(=O)Cn1cnc2c(C)cccc2c1=O. The van der Waals surface area contributed by atoms with Crippen LogP contribution in [0, 0.1) is 6.92 Å². The van der Waals surface area contributed by atoms with Crippen LogP contribution in [0.2, 0.25) is 0 Å². The predicted molar refractivity (Wildman–Crippen MR) is 89.3 cm³/mol. The Hall–Kier alpha value is -2.21. The minimum atomic E-state index is -0.903. The molecule has 0 fully saturated rings. The van der Waals surface area contributed by atoms with E-state index in [2.05, 4.69) is 10.3 Å². The van der Waals surface area contributed by atoms with Crippen molar-refractivity contribution < 1.29 is 9.90 Å². The standard InChI is InChI=1S/C17H23N3O3/c1-4-17(23,5-2)10-18-14(21)9-20-11-19-15-12(3)7-6-8-13(15)16(20)22/h6-8,11,23H,4-5,9-10H2,1-3H3,(H,18,21). The summed E-state index contributed by atoms with van der Waals surface area (Å²) in [7, 11) is 0. The average Bonchev–Trinajstić information content (AvgIpc) is 2.56. The van der Waals surface area contributed by atoms with Crippen LogP contribution in [0.25, 0.3) is 10.9 Å². The third-order valence-electron chi connectivity index (χ3n) is 4.30. The van der Waals surface area contributed by atoms with Crippen LogP contribution in [0.15, 0.2) is 29.3 Å². The van der Waals surface area contributed by atoms with Crippen LogP contribution >= 0.6 is 0 Å². The summed E-state index contributed by atoms with van der Waals surface area (Å²) in [4.78, 5) is 28.7. The highest BCUT2D eigenvalue weighted by molar-refractivity contribution is 5.81. The molecule has 1 aromatic carbocycles. The molecule has 1 heterocycles. The van der Waals surface area contributed by atoms with Gasteiger partial charge < -0.3 is 10.4 Å². The first-order valence-corrected chi connectivity index (χ1v) is 7.84. The molecule has 0 radical (unpaired) electrons. The Kier molecular flexibility index (Phi) is 5.15. The molecule has 2 aromatic rings. The first kappa shape index (κ1) is 17.1. The van der Waals surface area contributed by atoms with E-state index in [1.165, 1.54) is 10.9 Å². The Morgan fingerprint density at radius 1 is 1.35 bits per heavy atom. The molecule has 0 atom stereocenters. The number of benzene rings is 1. The highest BCUT2D eigenvalue weighted by Crippen LogP contribution is 2.13. The van der Waals surface area contributed by atoms with E-state index in [-0.39, 0.29) is 24.6 Å². The van der Waals surface area contributed by atoms with Gasteiger partial charge in [-0.2, -0.15) is 0 Å². The summed E-state index contributed by atoms with van der Waals surface area (Å²) in [5.74, 6) is -0.318. The average molecular weight is 317 g/mol. The third kappa shape index (κ3) is 3.76. The zero-order valence-electron chi connectivity index (χ0n) is 13.8. The molecule has 0 aliphatic heterocycles. The maximum atomic E-state index is 12.4. The van der Waals surface area contributed by atoms with E-state index in [1.807, 2.05) is 26.8 Å². The van der Waals surface area contributed by atoms with Crippen molar-refractivity contribution in [3.63, 3.8) is 0 Å². The molecule has 0 saturated carbocycles. The van der Waals surface area contributed by atoms with Gasteiger partial charge in [0.1, 0.15) is 6.54 Å². The number of amides is 1. The molecule has 0 unspecified atom stereocenters. The minimum absolute atomic E-state index is 0.112. The maximum absolute atomic E-state index is 12.4. The van der Waals surface area contributed by atoms with Gasteiger partial charge in [0.25, 0.3) is 5.56 Å². The Bertz CT molecular complexity index is 763. The summed E-state index contributed by atoms with van der Waals surface area (Å²) in [6, 6.07) is 5.40. The van der Waals surface area contributed by atoms with Gasteiger partial charge in [0, 0.05) is 6.54 Å². The van der Waals surface area contributed by atoms with Crippen LogP contribution in [0.1, 0.15) is 32.3 Å². The molecule has 1 aromatic heterocycles. The number of nitrogens with zero attached hydrogens (tertiary/aromatic N) is 2. The number of carbonyl (C=O) groups excluding carboxylic acids is 1. The monoisotopic (exact) mass is 317 g/mol. The molecule has 0 spiro atoms. The molecule has 2 N–H and O–H groups in total. The maximum Gasteiger partial charge on any atom is 0.261 e. The summed E-state index contributed by atoms with van der Waals surface area (Å²) in [6.45, 7) is 5.69. The van der Waals surface area contributed by atoms with Gasteiger partial charge in [-0.3, -0.25) is 14.2 Å². The summed E-state index contributed by atoms with van der Waals surface area (Å²) in [5, 5.41) is 13.4. The van der Waals surface area contributed by atoms with Gasteiger partial charge >= 0.3 is 0 Å². The molecular formula is C17H23N3O3. The lowest BCUT2D eigenvalue weighted by atomic mass is 9.98. The van der Waals surface area contributed by atoms with E-state index in [1.54, 1.807) is 12.1 Å². The number of carbonyl (C=O) groups is 1. The third-order valence-corrected chi connectivity index (χ3v) is 4.30. The number of para-hydroxylation sites is 1. The van der Waals surface area contributed by atoms with Gasteiger partial charge in [0.05, 0.1) is 22.8 Å². The van der Waals surface area contributed by atoms with Crippen LogP contribution in [0.5, 0.6) is 0 Å². The van der Waals surface area contributed by atoms with Crippen LogP contribution in [-0.2, 0) is 11.3 Å². The van der Waals surface area contributed by atoms with Crippen molar-refractivity contribution in [3.8, 4) is 0 Å². The fourth-order valence-electron chi connectivity index (χ4n) is 2.42. The number of hydrogen-bond donors (Lipinski definition) is 2. The van der Waals surface area contributed by atoms with Crippen molar-refractivity contribution in [1.29, 1.82) is 0 Å². The smallest absolute Gasteiger partial charge is 0.261 e. The molecule has 6 heteroatoms.